The number of hydrogen-bond acceptors (Lipinski definition) is 6. The molecule has 2 aromatic carbocycles. The first-order valence-corrected chi connectivity index (χ1v) is 9.74. The van der Waals surface area contributed by atoms with Crippen molar-refractivity contribution in [3.8, 4) is 17.0 Å². The molecule has 1 heterocycles. The number of amides is 1. The van der Waals surface area contributed by atoms with Gasteiger partial charge in [0.15, 0.2) is 0 Å². The minimum atomic E-state index is -0.526. The van der Waals surface area contributed by atoms with Crippen LogP contribution in [-0.4, -0.2) is 33.8 Å². The third-order valence-corrected chi connectivity index (χ3v) is 4.68. The van der Waals surface area contributed by atoms with Gasteiger partial charge in [0, 0.05) is 35.4 Å². The summed E-state index contributed by atoms with van der Waals surface area (Å²) in [5.41, 5.74) is 1.54. The van der Waals surface area contributed by atoms with Crippen molar-refractivity contribution in [3.05, 3.63) is 86.2 Å². The Balaban J connectivity index is 1.69. The lowest BCUT2D eigenvalue weighted by molar-refractivity contribution is -0.385. The molecule has 9 heteroatoms. The fourth-order valence-corrected chi connectivity index (χ4v) is 3.09. The zero-order valence-corrected chi connectivity index (χ0v) is 17.2. The highest BCUT2D eigenvalue weighted by Crippen LogP contribution is 2.21. The number of nitro groups is 1. The molecule has 0 bridgehead atoms. The van der Waals surface area contributed by atoms with E-state index >= 15 is 0 Å². The van der Waals surface area contributed by atoms with Crippen LogP contribution in [0.5, 0.6) is 5.75 Å². The third kappa shape index (κ3) is 5.13. The van der Waals surface area contributed by atoms with Crippen LogP contribution in [0.4, 0.5) is 5.69 Å². The lowest BCUT2D eigenvalue weighted by Gasteiger charge is -2.10. The van der Waals surface area contributed by atoms with Gasteiger partial charge in [-0.25, -0.2) is 4.68 Å². The van der Waals surface area contributed by atoms with Crippen LogP contribution in [0, 0.1) is 17.0 Å². The van der Waals surface area contributed by atoms with Crippen LogP contribution >= 0.6 is 0 Å². The Hall–Kier alpha value is -4.01. The summed E-state index contributed by atoms with van der Waals surface area (Å²) in [5, 5.41) is 18.1. The summed E-state index contributed by atoms with van der Waals surface area (Å²) >= 11 is 0. The Morgan fingerprint density at radius 3 is 2.58 bits per heavy atom. The van der Waals surface area contributed by atoms with Crippen molar-refractivity contribution < 1.29 is 14.5 Å². The van der Waals surface area contributed by atoms with E-state index in [9.17, 15) is 19.7 Å². The lowest BCUT2D eigenvalue weighted by atomic mass is 10.1. The van der Waals surface area contributed by atoms with Crippen molar-refractivity contribution in [2.45, 2.75) is 20.4 Å². The number of ether oxygens (including phenoxy) is 1. The summed E-state index contributed by atoms with van der Waals surface area (Å²) in [5.74, 6) is 0.302. The summed E-state index contributed by atoms with van der Waals surface area (Å²) in [4.78, 5) is 35.1. The van der Waals surface area contributed by atoms with Gasteiger partial charge in [-0.05, 0) is 50.2 Å². The van der Waals surface area contributed by atoms with E-state index in [-0.39, 0.29) is 35.5 Å². The van der Waals surface area contributed by atoms with E-state index < -0.39 is 10.8 Å². The zero-order chi connectivity index (χ0) is 22.4. The van der Waals surface area contributed by atoms with Crippen molar-refractivity contribution in [2.75, 3.05) is 13.2 Å². The largest absolute Gasteiger partial charge is 0.494 e. The summed E-state index contributed by atoms with van der Waals surface area (Å²) in [6, 6.07) is 14.8. The van der Waals surface area contributed by atoms with Gasteiger partial charge in [0.05, 0.1) is 23.8 Å². The predicted molar refractivity (Wildman–Crippen MR) is 115 cm³/mol. The van der Waals surface area contributed by atoms with Gasteiger partial charge in [0.1, 0.15) is 5.75 Å². The molecule has 31 heavy (non-hydrogen) atoms. The van der Waals surface area contributed by atoms with E-state index in [4.69, 9.17) is 4.74 Å². The molecule has 0 fully saturated rings. The highest BCUT2D eigenvalue weighted by atomic mass is 16.6. The van der Waals surface area contributed by atoms with Gasteiger partial charge in [-0.3, -0.25) is 19.7 Å². The fourth-order valence-electron chi connectivity index (χ4n) is 3.09. The Kier molecular flexibility index (Phi) is 6.76. The van der Waals surface area contributed by atoms with E-state index in [1.807, 2.05) is 31.2 Å². The normalized spacial score (nSPS) is 10.5. The van der Waals surface area contributed by atoms with Crippen molar-refractivity contribution in [3.63, 3.8) is 0 Å². The molecule has 3 aromatic rings. The molecule has 0 aliphatic carbocycles. The quantitative estimate of drug-likeness (QED) is 0.441. The second-order valence-corrected chi connectivity index (χ2v) is 6.70. The highest BCUT2D eigenvalue weighted by molar-refractivity contribution is 5.96. The molecule has 0 aliphatic rings. The molecule has 3 rings (SSSR count). The smallest absolute Gasteiger partial charge is 0.273 e. The average molecular weight is 422 g/mol. The van der Waals surface area contributed by atoms with Crippen LogP contribution < -0.4 is 15.6 Å². The van der Waals surface area contributed by atoms with Crippen LogP contribution in [-0.2, 0) is 6.54 Å². The second-order valence-electron chi connectivity index (χ2n) is 6.70. The first kappa shape index (κ1) is 21.7. The minimum Gasteiger partial charge on any atom is -0.494 e. The number of aromatic nitrogens is 2. The maximum atomic E-state index is 12.4. The van der Waals surface area contributed by atoms with E-state index in [0.29, 0.717) is 12.3 Å². The zero-order valence-electron chi connectivity index (χ0n) is 17.2. The molecule has 1 N–H and O–H groups in total. The number of carbonyl (C=O) groups excluding carboxylic acids is 1. The molecule has 1 amide bonds. The van der Waals surface area contributed by atoms with Crippen molar-refractivity contribution >= 4 is 11.6 Å². The molecular formula is C22H22N4O5. The molecule has 9 nitrogen and oxygen atoms in total. The fraction of sp³-hybridized carbons (Fsp3) is 0.227. The van der Waals surface area contributed by atoms with Crippen molar-refractivity contribution in [2.24, 2.45) is 0 Å². The topological polar surface area (TPSA) is 116 Å². The summed E-state index contributed by atoms with van der Waals surface area (Å²) in [6.45, 7) is 4.30. The molecule has 160 valence electrons. The van der Waals surface area contributed by atoms with Gasteiger partial charge in [0.2, 0.25) is 0 Å². The van der Waals surface area contributed by atoms with E-state index in [2.05, 4.69) is 10.4 Å². The molecule has 0 atom stereocenters. The maximum Gasteiger partial charge on any atom is 0.273 e. The van der Waals surface area contributed by atoms with Gasteiger partial charge in [0.25, 0.3) is 17.2 Å². The van der Waals surface area contributed by atoms with Crippen LogP contribution in [0.1, 0.15) is 22.8 Å². The molecule has 0 unspecified atom stereocenters. The third-order valence-electron chi connectivity index (χ3n) is 4.68. The second kappa shape index (κ2) is 9.66. The highest BCUT2D eigenvalue weighted by Gasteiger charge is 2.17. The maximum absolute atomic E-state index is 12.4. The number of rotatable bonds is 8. The number of nitrogens with zero attached hydrogens (tertiary/aromatic N) is 3. The Morgan fingerprint density at radius 1 is 1.16 bits per heavy atom. The lowest BCUT2D eigenvalue weighted by Crippen LogP contribution is -2.32. The van der Waals surface area contributed by atoms with Crippen LogP contribution in [0.25, 0.3) is 11.3 Å². The Labute approximate surface area is 178 Å². The number of nitrogens with one attached hydrogen (secondary N) is 1. The predicted octanol–water partition coefficient (Wildman–Crippen LogP) is 2.96. The van der Waals surface area contributed by atoms with Crippen LogP contribution in [0.15, 0.2) is 59.4 Å². The summed E-state index contributed by atoms with van der Waals surface area (Å²) < 4.78 is 6.70. The van der Waals surface area contributed by atoms with Gasteiger partial charge >= 0.3 is 0 Å². The molecule has 0 radical (unpaired) electrons. The molecule has 0 saturated carbocycles. The van der Waals surface area contributed by atoms with Gasteiger partial charge in [-0.15, -0.1) is 0 Å². The van der Waals surface area contributed by atoms with Crippen LogP contribution in [0.2, 0.25) is 0 Å². The first-order valence-electron chi connectivity index (χ1n) is 9.74. The van der Waals surface area contributed by atoms with Crippen molar-refractivity contribution in [1.29, 1.82) is 0 Å². The number of carbonyl (C=O) groups is 1. The first-order chi connectivity index (χ1) is 14.9. The average Bonchev–Trinajstić information content (AvgIpc) is 2.75. The molecule has 0 aliphatic heterocycles. The molecular weight excluding hydrogens is 400 g/mol. The standard InChI is InChI=1S/C22H22N4O5/c1-3-31-17-9-7-16(8-10-17)19-11-12-21(27)25(24-19)14-13-23-22(28)18-5-4-6-20(15(18)2)26(29)30/h4-12H,3,13-14H2,1-2H3,(H,23,28). The monoisotopic (exact) mass is 422 g/mol. The van der Waals surface area contributed by atoms with Gasteiger partial charge in [-0.1, -0.05) is 6.07 Å². The summed E-state index contributed by atoms with van der Waals surface area (Å²) in [6.07, 6.45) is 0. The number of nitro benzene ring substituents is 1. The van der Waals surface area contributed by atoms with Gasteiger partial charge < -0.3 is 10.1 Å². The molecule has 0 saturated heterocycles. The molecule has 0 spiro atoms. The van der Waals surface area contributed by atoms with E-state index in [0.717, 1.165) is 11.3 Å². The number of benzene rings is 2. The van der Waals surface area contributed by atoms with E-state index in [1.54, 1.807) is 6.07 Å². The van der Waals surface area contributed by atoms with Crippen molar-refractivity contribution in [1.82, 2.24) is 15.1 Å². The Bertz CT molecular complexity index is 1160. The Morgan fingerprint density at radius 2 is 1.90 bits per heavy atom. The number of hydrogen-bond donors (Lipinski definition) is 1. The SMILES string of the molecule is CCOc1ccc(-c2ccc(=O)n(CCNC(=O)c3cccc([N+](=O)[O-])c3C)n2)cc1. The van der Waals surface area contributed by atoms with Gasteiger partial charge in [-0.2, -0.15) is 5.10 Å². The van der Waals surface area contributed by atoms with E-state index in [1.165, 1.54) is 35.9 Å². The van der Waals surface area contributed by atoms with Crippen LogP contribution in [0.3, 0.4) is 0 Å². The molecule has 1 aromatic heterocycles. The minimum absolute atomic E-state index is 0.117. The summed E-state index contributed by atoms with van der Waals surface area (Å²) in [7, 11) is 0.